The molecule has 2 rings (SSSR count). The molecule has 0 aromatic heterocycles. The van der Waals surface area contributed by atoms with Gasteiger partial charge in [0.2, 0.25) is 7.37 Å². The fourth-order valence-corrected chi connectivity index (χ4v) is 4.45. The summed E-state index contributed by atoms with van der Waals surface area (Å²) in [5.41, 5.74) is 14.4. The van der Waals surface area contributed by atoms with Crippen LogP contribution in [0.3, 0.4) is 0 Å². The largest absolute Gasteiger partial charge is 0.330 e. The number of rotatable bonds is 7. The van der Waals surface area contributed by atoms with Crippen molar-refractivity contribution in [3.63, 3.8) is 0 Å². The van der Waals surface area contributed by atoms with Gasteiger partial charge in [-0.3, -0.25) is 4.57 Å². The smallest absolute Gasteiger partial charge is 0.235 e. The second-order valence-corrected chi connectivity index (χ2v) is 8.32. The van der Waals surface area contributed by atoms with Crippen LogP contribution in [-0.2, 0) is 21.9 Å². The van der Waals surface area contributed by atoms with Crippen LogP contribution in [0.25, 0.3) is 0 Å². The highest BCUT2D eigenvalue weighted by Gasteiger charge is 2.37. The average molecular weight is 318 g/mol. The molecule has 2 aromatic carbocycles. The SMILES string of the molecule is COP(=O)([C@H](N)Cc1ccccc1)[C@@H](N)Cc1ccccc1. The zero-order valence-electron chi connectivity index (χ0n) is 12.8. The standard InChI is InChI=1S/C17H23N2O2P/c1-21-22(20,16(18)12-14-8-4-2-5-9-14)17(19)13-15-10-6-3-7-11-15/h2-11,16-17H,12-13,18-19H2,1H3/t16-,17+,22?. The minimum atomic E-state index is -3.16. The van der Waals surface area contributed by atoms with Gasteiger partial charge in [-0.1, -0.05) is 60.7 Å². The minimum Gasteiger partial charge on any atom is -0.330 e. The molecular weight excluding hydrogens is 295 g/mol. The molecule has 0 saturated heterocycles. The maximum atomic E-state index is 13.1. The maximum Gasteiger partial charge on any atom is 0.235 e. The highest BCUT2D eigenvalue weighted by atomic mass is 31.2. The van der Waals surface area contributed by atoms with E-state index in [4.69, 9.17) is 16.0 Å². The Hall–Kier alpha value is -1.45. The molecule has 0 saturated carbocycles. The zero-order valence-corrected chi connectivity index (χ0v) is 13.7. The predicted octanol–water partition coefficient (Wildman–Crippen LogP) is 2.97. The van der Waals surface area contributed by atoms with Gasteiger partial charge in [-0.2, -0.15) is 0 Å². The first-order valence-corrected chi connectivity index (χ1v) is 9.06. The average Bonchev–Trinajstić information content (AvgIpc) is 2.55. The van der Waals surface area contributed by atoms with Crippen LogP contribution in [0, 0.1) is 0 Å². The monoisotopic (exact) mass is 318 g/mol. The highest BCUT2D eigenvalue weighted by Crippen LogP contribution is 2.53. The van der Waals surface area contributed by atoms with E-state index in [2.05, 4.69) is 0 Å². The molecule has 2 aromatic rings. The Morgan fingerprint density at radius 3 is 1.55 bits per heavy atom. The topological polar surface area (TPSA) is 78.3 Å². The highest BCUT2D eigenvalue weighted by molar-refractivity contribution is 7.60. The quantitative estimate of drug-likeness (QED) is 0.769. The Bertz CT molecular complexity index is 568. The summed E-state index contributed by atoms with van der Waals surface area (Å²) in [4.78, 5) is 0. The van der Waals surface area contributed by atoms with Gasteiger partial charge in [0.15, 0.2) is 0 Å². The summed E-state index contributed by atoms with van der Waals surface area (Å²) in [5.74, 6) is -1.22. The summed E-state index contributed by atoms with van der Waals surface area (Å²) in [5, 5.41) is 0. The molecule has 5 heteroatoms. The number of hydrogen-bond acceptors (Lipinski definition) is 4. The molecule has 0 heterocycles. The van der Waals surface area contributed by atoms with Gasteiger partial charge in [0.1, 0.15) is 0 Å². The fraction of sp³-hybridized carbons (Fsp3) is 0.294. The van der Waals surface area contributed by atoms with E-state index in [1.165, 1.54) is 7.11 Å². The Balaban J connectivity index is 2.11. The Morgan fingerprint density at radius 1 is 0.864 bits per heavy atom. The molecule has 4 N–H and O–H groups in total. The normalized spacial score (nSPS) is 16.7. The van der Waals surface area contributed by atoms with Gasteiger partial charge >= 0.3 is 0 Å². The van der Waals surface area contributed by atoms with Crippen molar-refractivity contribution in [2.24, 2.45) is 11.5 Å². The Labute approximate surface area is 131 Å². The summed E-state index contributed by atoms with van der Waals surface area (Å²) in [6.45, 7) is 0. The van der Waals surface area contributed by atoms with E-state index < -0.39 is 18.9 Å². The third kappa shape index (κ3) is 4.05. The van der Waals surface area contributed by atoms with Gasteiger partial charge in [0, 0.05) is 7.11 Å². The van der Waals surface area contributed by atoms with E-state index >= 15 is 0 Å². The van der Waals surface area contributed by atoms with Gasteiger partial charge < -0.3 is 16.0 Å². The first-order valence-electron chi connectivity index (χ1n) is 7.30. The van der Waals surface area contributed by atoms with E-state index in [1.807, 2.05) is 60.7 Å². The third-order valence-electron chi connectivity index (χ3n) is 3.79. The van der Waals surface area contributed by atoms with E-state index in [9.17, 15) is 4.57 Å². The van der Waals surface area contributed by atoms with Crippen molar-refractivity contribution < 1.29 is 9.09 Å². The van der Waals surface area contributed by atoms with Crippen molar-refractivity contribution in [3.05, 3.63) is 71.8 Å². The summed E-state index contributed by atoms with van der Waals surface area (Å²) in [6.07, 6.45) is 0.961. The van der Waals surface area contributed by atoms with E-state index in [0.29, 0.717) is 12.8 Å². The first-order chi connectivity index (χ1) is 10.6. The van der Waals surface area contributed by atoms with Gasteiger partial charge in [-0.25, -0.2) is 0 Å². The van der Waals surface area contributed by atoms with Crippen LogP contribution in [-0.4, -0.2) is 18.7 Å². The van der Waals surface area contributed by atoms with E-state index in [0.717, 1.165) is 11.1 Å². The summed E-state index contributed by atoms with van der Waals surface area (Å²) in [7, 11) is -1.73. The van der Waals surface area contributed by atoms with Gasteiger partial charge in [-0.05, 0) is 24.0 Å². The maximum absolute atomic E-state index is 13.1. The molecule has 3 atom stereocenters. The van der Waals surface area contributed by atoms with Crippen LogP contribution < -0.4 is 11.5 Å². The number of hydrogen-bond donors (Lipinski definition) is 2. The fourth-order valence-electron chi connectivity index (χ4n) is 2.48. The van der Waals surface area contributed by atoms with Crippen LogP contribution in [0.5, 0.6) is 0 Å². The molecule has 0 aliphatic heterocycles. The molecular formula is C17H23N2O2P. The summed E-state index contributed by atoms with van der Waals surface area (Å²) >= 11 is 0. The molecule has 118 valence electrons. The molecule has 4 nitrogen and oxygen atoms in total. The molecule has 1 unspecified atom stereocenters. The van der Waals surface area contributed by atoms with Crippen molar-refractivity contribution in [1.29, 1.82) is 0 Å². The molecule has 0 amide bonds. The zero-order chi connectivity index (χ0) is 16.0. The lowest BCUT2D eigenvalue weighted by Crippen LogP contribution is -2.35. The number of nitrogens with two attached hydrogens (primary N) is 2. The molecule has 0 fully saturated rings. The minimum absolute atomic E-state index is 0.481. The summed E-state index contributed by atoms with van der Waals surface area (Å²) < 4.78 is 18.4. The molecule has 0 radical (unpaired) electrons. The van der Waals surface area contributed by atoms with Crippen molar-refractivity contribution in [2.45, 2.75) is 24.4 Å². The lowest BCUT2D eigenvalue weighted by molar-refractivity contribution is 0.370. The van der Waals surface area contributed by atoms with Crippen LogP contribution in [0.4, 0.5) is 0 Å². The lowest BCUT2D eigenvalue weighted by atomic mass is 10.1. The van der Waals surface area contributed by atoms with Crippen molar-refractivity contribution in [3.8, 4) is 0 Å². The lowest BCUT2D eigenvalue weighted by Gasteiger charge is -2.28. The van der Waals surface area contributed by atoms with Crippen LogP contribution in [0.2, 0.25) is 0 Å². The van der Waals surface area contributed by atoms with Crippen molar-refractivity contribution in [2.75, 3.05) is 7.11 Å². The molecule has 0 bridgehead atoms. The molecule has 0 aliphatic carbocycles. The van der Waals surface area contributed by atoms with Gasteiger partial charge in [-0.15, -0.1) is 0 Å². The van der Waals surface area contributed by atoms with Crippen molar-refractivity contribution in [1.82, 2.24) is 0 Å². The van der Waals surface area contributed by atoms with E-state index in [-0.39, 0.29) is 0 Å². The molecule has 0 aliphatic rings. The van der Waals surface area contributed by atoms with Crippen LogP contribution in [0.15, 0.2) is 60.7 Å². The van der Waals surface area contributed by atoms with Gasteiger partial charge in [0.05, 0.1) is 11.6 Å². The van der Waals surface area contributed by atoms with Crippen LogP contribution >= 0.6 is 7.37 Å². The van der Waals surface area contributed by atoms with Crippen molar-refractivity contribution >= 4 is 7.37 Å². The predicted molar refractivity (Wildman–Crippen MR) is 90.9 cm³/mol. The van der Waals surface area contributed by atoms with E-state index in [1.54, 1.807) is 0 Å². The first kappa shape index (κ1) is 16.9. The van der Waals surface area contributed by atoms with Crippen LogP contribution in [0.1, 0.15) is 11.1 Å². The second kappa shape index (κ2) is 7.70. The molecule has 22 heavy (non-hydrogen) atoms. The van der Waals surface area contributed by atoms with Gasteiger partial charge in [0.25, 0.3) is 0 Å². The Kier molecular flexibility index (Phi) is 5.92. The second-order valence-electron chi connectivity index (χ2n) is 5.34. The summed E-state index contributed by atoms with van der Waals surface area (Å²) in [6, 6.07) is 19.5. The third-order valence-corrected chi connectivity index (χ3v) is 6.57. The Morgan fingerprint density at radius 2 is 1.23 bits per heavy atom. The molecule has 0 spiro atoms. The number of benzene rings is 2.